The number of nitrogens with one attached hydrogen (secondary N) is 1. The topological polar surface area (TPSA) is 17.0 Å². The minimum atomic E-state index is -0.427. The third kappa shape index (κ3) is 3.97. The fourth-order valence-electron chi connectivity index (χ4n) is 3.23. The van der Waals surface area contributed by atoms with Crippen LogP contribution in [0, 0.1) is 5.82 Å². The predicted octanol–water partition coefficient (Wildman–Crippen LogP) is 7.40. The van der Waals surface area contributed by atoms with Crippen LogP contribution in [0.25, 0.3) is 10.9 Å². The summed E-state index contributed by atoms with van der Waals surface area (Å²) >= 11 is 18.2. The van der Waals surface area contributed by atoms with E-state index in [0.29, 0.717) is 23.1 Å². The molecule has 28 heavy (non-hydrogen) atoms. The van der Waals surface area contributed by atoms with Gasteiger partial charge in [-0.25, -0.2) is 4.39 Å². The van der Waals surface area contributed by atoms with Gasteiger partial charge in [-0.3, -0.25) is 0 Å². The first kappa shape index (κ1) is 19.1. The molecular weight excluding hydrogens is 418 g/mol. The van der Waals surface area contributed by atoms with Crippen LogP contribution in [-0.4, -0.2) is 4.57 Å². The van der Waals surface area contributed by atoms with Crippen molar-refractivity contribution in [3.05, 3.63) is 98.9 Å². The number of benzene rings is 3. The molecule has 6 heteroatoms. The van der Waals surface area contributed by atoms with Crippen LogP contribution in [0.5, 0.6) is 0 Å². The summed E-state index contributed by atoms with van der Waals surface area (Å²) < 4.78 is 15.5. The van der Waals surface area contributed by atoms with Gasteiger partial charge in [0.15, 0.2) is 0 Å². The van der Waals surface area contributed by atoms with E-state index in [-0.39, 0.29) is 5.02 Å². The van der Waals surface area contributed by atoms with Crippen molar-refractivity contribution in [1.82, 2.24) is 4.57 Å². The molecule has 0 atom stereocenters. The molecular formula is C22H16Cl3FN2. The maximum Gasteiger partial charge on any atom is 0.141 e. The zero-order chi connectivity index (χ0) is 19.7. The average molecular weight is 434 g/mol. The van der Waals surface area contributed by atoms with Gasteiger partial charge < -0.3 is 9.88 Å². The van der Waals surface area contributed by atoms with Gasteiger partial charge >= 0.3 is 0 Å². The van der Waals surface area contributed by atoms with Gasteiger partial charge in [0.2, 0.25) is 0 Å². The molecule has 0 amide bonds. The molecule has 0 bridgehead atoms. The van der Waals surface area contributed by atoms with Crippen LogP contribution in [0.2, 0.25) is 15.1 Å². The SMILES string of the molecule is Fc1ccc(NCc2cn(Cc3ccc(Cl)cc3Cl)c3ccccc23)cc1Cl. The van der Waals surface area contributed by atoms with Crippen molar-refractivity contribution in [3.63, 3.8) is 0 Å². The molecule has 0 radical (unpaired) electrons. The molecule has 4 aromatic rings. The van der Waals surface area contributed by atoms with Crippen LogP contribution >= 0.6 is 34.8 Å². The second kappa shape index (κ2) is 8.04. The number of fused-ring (bicyclic) bond motifs is 1. The van der Waals surface area contributed by atoms with E-state index < -0.39 is 5.82 Å². The minimum Gasteiger partial charge on any atom is -0.381 e. The molecule has 2 nitrogen and oxygen atoms in total. The Balaban J connectivity index is 1.63. The quantitative estimate of drug-likeness (QED) is 0.347. The van der Waals surface area contributed by atoms with Crippen LogP contribution < -0.4 is 5.32 Å². The van der Waals surface area contributed by atoms with Crippen molar-refractivity contribution in [1.29, 1.82) is 0 Å². The zero-order valence-electron chi connectivity index (χ0n) is 14.7. The first-order chi connectivity index (χ1) is 13.5. The summed E-state index contributed by atoms with van der Waals surface area (Å²) in [6, 6.07) is 18.4. The van der Waals surface area contributed by atoms with E-state index in [1.165, 1.54) is 6.07 Å². The second-order valence-electron chi connectivity index (χ2n) is 6.52. The summed E-state index contributed by atoms with van der Waals surface area (Å²) in [5, 5.41) is 5.82. The molecule has 0 aliphatic rings. The molecule has 3 aromatic carbocycles. The fraction of sp³-hybridized carbons (Fsp3) is 0.0909. The molecule has 1 aromatic heterocycles. The molecule has 0 spiro atoms. The Morgan fingerprint density at radius 2 is 1.68 bits per heavy atom. The number of nitrogens with zero attached hydrogens (tertiary/aromatic N) is 1. The van der Waals surface area contributed by atoms with Crippen molar-refractivity contribution < 1.29 is 4.39 Å². The van der Waals surface area contributed by atoms with E-state index in [0.717, 1.165) is 27.7 Å². The Labute approximate surface area is 177 Å². The van der Waals surface area contributed by atoms with Crippen LogP contribution in [0.4, 0.5) is 10.1 Å². The van der Waals surface area contributed by atoms with Gasteiger partial charge in [0.05, 0.1) is 5.02 Å². The largest absolute Gasteiger partial charge is 0.381 e. The highest BCUT2D eigenvalue weighted by molar-refractivity contribution is 6.35. The number of anilines is 1. The van der Waals surface area contributed by atoms with Gasteiger partial charge in [-0.15, -0.1) is 0 Å². The summed E-state index contributed by atoms with van der Waals surface area (Å²) in [5.41, 5.74) is 4.00. The van der Waals surface area contributed by atoms with Gasteiger partial charge in [-0.05, 0) is 47.5 Å². The Kier molecular flexibility index (Phi) is 5.49. The van der Waals surface area contributed by atoms with Crippen LogP contribution in [-0.2, 0) is 13.1 Å². The molecule has 0 unspecified atom stereocenters. The summed E-state index contributed by atoms with van der Waals surface area (Å²) in [7, 11) is 0. The summed E-state index contributed by atoms with van der Waals surface area (Å²) in [6.07, 6.45) is 2.10. The van der Waals surface area contributed by atoms with Crippen molar-refractivity contribution in [3.8, 4) is 0 Å². The maximum absolute atomic E-state index is 13.4. The monoisotopic (exact) mass is 432 g/mol. The van der Waals surface area contributed by atoms with Crippen LogP contribution in [0.15, 0.2) is 66.9 Å². The summed E-state index contributed by atoms with van der Waals surface area (Å²) in [5.74, 6) is -0.427. The molecule has 1 N–H and O–H groups in total. The first-order valence-electron chi connectivity index (χ1n) is 8.71. The first-order valence-corrected chi connectivity index (χ1v) is 9.84. The molecule has 0 saturated carbocycles. The highest BCUT2D eigenvalue weighted by atomic mass is 35.5. The number of hydrogen-bond acceptors (Lipinski definition) is 1. The lowest BCUT2D eigenvalue weighted by Gasteiger charge is -2.08. The van der Waals surface area contributed by atoms with Crippen LogP contribution in [0.1, 0.15) is 11.1 Å². The lowest BCUT2D eigenvalue weighted by Crippen LogP contribution is -2.00. The Morgan fingerprint density at radius 3 is 2.46 bits per heavy atom. The number of rotatable bonds is 5. The van der Waals surface area contributed by atoms with E-state index in [1.54, 1.807) is 18.2 Å². The third-order valence-electron chi connectivity index (χ3n) is 4.63. The lowest BCUT2D eigenvalue weighted by molar-refractivity contribution is 0.628. The average Bonchev–Trinajstić information content (AvgIpc) is 3.03. The van der Waals surface area contributed by atoms with Gasteiger partial charge in [-0.1, -0.05) is 59.1 Å². The second-order valence-corrected chi connectivity index (χ2v) is 7.77. The molecule has 142 valence electrons. The number of halogens is 4. The van der Waals surface area contributed by atoms with Crippen molar-refractivity contribution >= 4 is 51.4 Å². The van der Waals surface area contributed by atoms with E-state index in [1.807, 2.05) is 24.3 Å². The third-order valence-corrected chi connectivity index (χ3v) is 5.51. The number of para-hydroxylation sites is 1. The molecule has 1 heterocycles. The Morgan fingerprint density at radius 1 is 0.857 bits per heavy atom. The van der Waals surface area contributed by atoms with Gasteiger partial charge in [-0.2, -0.15) is 0 Å². The molecule has 4 rings (SSSR count). The van der Waals surface area contributed by atoms with Crippen molar-refractivity contribution in [2.24, 2.45) is 0 Å². The molecule has 0 aliphatic heterocycles. The summed E-state index contributed by atoms with van der Waals surface area (Å²) in [4.78, 5) is 0. The smallest absolute Gasteiger partial charge is 0.141 e. The van der Waals surface area contributed by atoms with Gasteiger partial charge in [0.25, 0.3) is 0 Å². The fourth-order valence-corrected chi connectivity index (χ4v) is 3.88. The lowest BCUT2D eigenvalue weighted by atomic mass is 10.1. The Hall–Kier alpha value is -2.20. The van der Waals surface area contributed by atoms with Crippen molar-refractivity contribution in [2.75, 3.05) is 5.32 Å². The highest BCUT2D eigenvalue weighted by Gasteiger charge is 2.10. The molecule has 0 saturated heterocycles. The minimum absolute atomic E-state index is 0.102. The van der Waals surface area contributed by atoms with E-state index >= 15 is 0 Å². The highest BCUT2D eigenvalue weighted by Crippen LogP contribution is 2.27. The van der Waals surface area contributed by atoms with E-state index in [2.05, 4.69) is 28.2 Å². The predicted molar refractivity (Wildman–Crippen MR) is 116 cm³/mol. The number of hydrogen-bond donors (Lipinski definition) is 1. The molecule has 0 fully saturated rings. The standard InChI is InChI=1S/C22H16Cl3FN2/c23-16-6-5-14(19(24)9-16)12-28-13-15(18-3-1-2-4-22(18)28)11-27-17-7-8-21(26)20(25)10-17/h1-10,13,27H,11-12H2. The van der Waals surface area contributed by atoms with Gasteiger partial charge in [0, 0.05) is 45.9 Å². The zero-order valence-corrected chi connectivity index (χ0v) is 17.0. The van der Waals surface area contributed by atoms with Crippen molar-refractivity contribution in [2.45, 2.75) is 13.1 Å². The maximum atomic E-state index is 13.4. The molecule has 0 aliphatic carbocycles. The van der Waals surface area contributed by atoms with Gasteiger partial charge in [0.1, 0.15) is 5.82 Å². The van der Waals surface area contributed by atoms with E-state index in [4.69, 9.17) is 34.8 Å². The van der Waals surface area contributed by atoms with E-state index in [9.17, 15) is 4.39 Å². The summed E-state index contributed by atoms with van der Waals surface area (Å²) in [6.45, 7) is 1.22. The van der Waals surface area contributed by atoms with Crippen LogP contribution in [0.3, 0.4) is 0 Å². The normalized spacial score (nSPS) is 11.1. The Bertz CT molecular complexity index is 1150. The number of aromatic nitrogens is 1.